The normalized spacial score (nSPS) is 23.9. The molecule has 4 nitrogen and oxygen atoms in total. The Morgan fingerprint density at radius 2 is 1.88 bits per heavy atom. The molecule has 0 aromatic heterocycles. The van der Waals surface area contributed by atoms with Gasteiger partial charge in [-0.1, -0.05) is 0 Å². The van der Waals surface area contributed by atoms with Gasteiger partial charge in [-0.15, -0.1) is 0 Å². The summed E-state index contributed by atoms with van der Waals surface area (Å²) in [7, 11) is 0. The van der Waals surface area contributed by atoms with Crippen molar-refractivity contribution in [1.82, 2.24) is 10.2 Å². The van der Waals surface area contributed by atoms with Crippen LogP contribution in [-0.2, 0) is 0 Å². The van der Waals surface area contributed by atoms with Gasteiger partial charge >= 0.3 is 6.03 Å². The second-order valence-corrected chi connectivity index (χ2v) is 6.29. The molecule has 0 spiro atoms. The van der Waals surface area contributed by atoms with E-state index < -0.39 is 0 Å². The average molecular weight is 257 g/mol. The maximum atomic E-state index is 11.0. The number of hydrogen-bond donors (Lipinski definition) is 2. The van der Waals surface area contributed by atoms with Crippen LogP contribution >= 0.6 is 11.8 Å². The summed E-state index contributed by atoms with van der Waals surface area (Å²) in [5, 5.41) is 3.66. The van der Waals surface area contributed by atoms with E-state index in [1.165, 1.54) is 24.3 Å². The van der Waals surface area contributed by atoms with Gasteiger partial charge in [0.05, 0.1) is 0 Å². The fourth-order valence-electron chi connectivity index (χ4n) is 2.59. The number of urea groups is 1. The van der Waals surface area contributed by atoms with E-state index in [2.05, 4.69) is 17.1 Å². The van der Waals surface area contributed by atoms with Crippen LogP contribution in [0.25, 0.3) is 0 Å². The fourth-order valence-corrected chi connectivity index (χ4v) is 3.79. The Bertz CT molecular complexity index is 248. The molecule has 2 rings (SSSR count). The summed E-state index contributed by atoms with van der Waals surface area (Å²) in [5.74, 6) is 3.52. The van der Waals surface area contributed by atoms with E-state index in [0.29, 0.717) is 6.04 Å². The van der Waals surface area contributed by atoms with Crippen LogP contribution in [0.3, 0.4) is 0 Å². The van der Waals surface area contributed by atoms with Crippen molar-refractivity contribution in [1.29, 1.82) is 0 Å². The largest absolute Gasteiger partial charge is 0.351 e. The molecule has 0 aromatic carbocycles. The highest BCUT2D eigenvalue weighted by atomic mass is 32.2. The lowest BCUT2D eigenvalue weighted by atomic mass is 10.0. The lowest BCUT2D eigenvalue weighted by Crippen LogP contribution is -2.47. The Labute approximate surface area is 108 Å². The third kappa shape index (κ3) is 4.07. The first kappa shape index (κ1) is 13.0. The Kier molecular flexibility index (Phi) is 4.98. The third-order valence-electron chi connectivity index (χ3n) is 3.84. The smallest absolute Gasteiger partial charge is 0.314 e. The molecular weight excluding hydrogens is 234 g/mol. The molecule has 98 valence electrons. The zero-order valence-electron chi connectivity index (χ0n) is 10.4. The lowest BCUT2D eigenvalue weighted by molar-refractivity contribution is 0.183. The molecule has 0 atom stereocenters. The number of carbonyl (C=O) groups is 1. The lowest BCUT2D eigenvalue weighted by Gasteiger charge is -2.32. The molecule has 2 aliphatic heterocycles. The van der Waals surface area contributed by atoms with E-state index in [-0.39, 0.29) is 6.03 Å². The summed E-state index contributed by atoms with van der Waals surface area (Å²) >= 11 is 2.08. The van der Waals surface area contributed by atoms with Crippen molar-refractivity contribution in [3.8, 4) is 0 Å². The minimum atomic E-state index is -0.271. The number of hydrogen-bond acceptors (Lipinski definition) is 3. The van der Waals surface area contributed by atoms with Crippen molar-refractivity contribution in [3.63, 3.8) is 0 Å². The van der Waals surface area contributed by atoms with Crippen LogP contribution in [0.5, 0.6) is 0 Å². The molecule has 0 unspecified atom stereocenters. The minimum Gasteiger partial charge on any atom is -0.351 e. The Hall–Kier alpha value is -0.420. The Morgan fingerprint density at radius 1 is 1.24 bits per heavy atom. The van der Waals surface area contributed by atoms with Gasteiger partial charge in [0.25, 0.3) is 0 Å². The van der Waals surface area contributed by atoms with Crippen LogP contribution in [0.2, 0.25) is 0 Å². The topological polar surface area (TPSA) is 58.4 Å². The molecular formula is C12H23N3OS. The van der Waals surface area contributed by atoms with Crippen molar-refractivity contribution in [2.45, 2.75) is 31.7 Å². The highest BCUT2D eigenvalue weighted by Gasteiger charge is 2.22. The monoisotopic (exact) mass is 257 g/mol. The average Bonchev–Trinajstić information content (AvgIpc) is 2.38. The number of nitrogens with zero attached hydrogens (tertiary/aromatic N) is 1. The number of piperidine rings is 1. The van der Waals surface area contributed by atoms with Crippen LogP contribution < -0.4 is 11.1 Å². The summed E-state index contributed by atoms with van der Waals surface area (Å²) in [5.41, 5.74) is 5.27. The number of amides is 2. The van der Waals surface area contributed by atoms with E-state index in [1.54, 1.807) is 4.90 Å². The predicted octanol–water partition coefficient (Wildman–Crippen LogP) is 1.26. The number of nitrogens with two attached hydrogens (primary N) is 1. The van der Waals surface area contributed by atoms with Crippen molar-refractivity contribution < 1.29 is 4.79 Å². The molecule has 2 fully saturated rings. The van der Waals surface area contributed by atoms with Crippen LogP contribution in [0.15, 0.2) is 0 Å². The highest BCUT2D eigenvalue weighted by molar-refractivity contribution is 7.99. The van der Waals surface area contributed by atoms with Gasteiger partial charge in [0.2, 0.25) is 0 Å². The van der Waals surface area contributed by atoms with Crippen molar-refractivity contribution >= 4 is 17.8 Å². The van der Waals surface area contributed by atoms with Gasteiger partial charge in [-0.05, 0) is 49.7 Å². The van der Waals surface area contributed by atoms with Crippen LogP contribution in [-0.4, -0.2) is 48.1 Å². The molecule has 0 radical (unpaired) electrons. The highest BCUT2D eigenvalue weighted by Crippen LogP contribution is 2.22. The second kappa shape index (κ2) is 6.50. The molecule has 2 saturated heterocycles. The zero-order chi connectivity index (χ0) is 12.1. The van der Waals surface area contributed by atoms with Gasteiger partial charge in [0.1, 0.15) is 0 Å². The molecule has 0 saturated carbocycles. The van der Waals surface area contributed by atoms with Crippen LogP contribution in [0.1, 0.15) is 25.7 Å². The summed E-state index contributed by atoms with van der Waals surface area (Å²) in [4.78, 5) is 12.7. The molecule has 3 N–H and O–H groups in total. The van der Waals surface area contributed by atoms with Gasteiger partial charge in [-0.2, -0.15) is 11.8 Å². The molecule has 2 amide bonds. The van der Waals surface area contributed by atoms with Gasteiger partial charge in [-0.25, -0.2) is 4.79 Å². The first-order chi connectivity index (χ1) is 8.25. The third-order valence-corrected chi connectivity index (χ3v) is 4.89. The number of carbonyl (C=O) groups excluding carboxylic acids is 1. The molecule has 17 heavy (non-hydrogen) atoms. The molecule has 5 heteroatoms. The molecule has 0 aromatic rings. The maximum Gasteiger partial charge on any atom is 0.314 e. The molecule has 2 aliphatic rings. The van der Waals surface area contributed by atoms with Gasteiger partial charge in [-0.3, -0.25) is 0 Å². The van der Waals surface area contributed by atoms with Crippen LogP contribution in [0.4, 0.5) is 4.79 Å². The van der Waals surface area contributed by atoms with Crippen molar-refractivity contribution in [2.24, 2.45) is 11.7 Å². The number of nitrogens with one attached hydrogen (secondary N) is 1. The first-order valence-electron chi connectivity index (χ1n) is 6.61. The first-order valence-corrected chi connectivity index (χ1v) is 7.76. The molecule has 0 bridgehead atoms. The molecule has 0 aliphatic carbocycles. The van der Waals surface area contributed by atoms with E-state index in [9.17, 15) is 4.79 Å². The van der Waals surface area contributed by atoms with Crippen molar-refractivity contribution in [2.75, 3.05) is 31.1 Å². The van der Waals surface area contributed by atoms with E-state index >= 15 is 0 Å². The summed E-state index contributed by atoms with van der Waals surface area (Å²) < 4.78 is 0. The maximum absolute atomic E-state index is 11.0. The second-order valence-electron chi connectivity index (χ2n) is 5.06. The number of likely N-dealkylation sites (tertiary alicyclic amines) is 1. The summed E-state index contributed by atoms with van der Waals surface area (Å²) in [6, 6.07) is 0.313. The number of thioether (sulfide) groups is 1. The quantitative estimate of drug-likeness (QED) is 0.800. The standard InChI is InChI=1S/C12H23N3OS/c13-12(16)15-5-1-11(2-6-15)14-9-10-3-7-17-8-4-10/h10-11,14H,1-9H2,(H2,13,16). The SMILES string of the molecule is NC(=O)N1CCC(NCC2CCSCC2)CC1. The summed E-state index contributed by atoms with van der Waals surface area (Å²) in [6.45, 7) is 2.78. The van der Waals surface area contributed by atoms with E-state index in [0.717, 1.165) is 38.4 Å². The van der Waals surface area contributed by atoms with Gasteiger partial charge < -0.3 is 16.0 Å². The summed E-state index contributed by atoms with van der Waals surface area (Å²) in [6.07, 6.45) is 4.81. The number of rotatable bonds is 3. The van der Waals surface area contributed by atoms with E-state index in [4.69, 9.17) is 5.73 Å². The molecule has 2 heterocycles. The van der Waals surface area contributed by atoms with Gasteiger partial charge in [0.15, 0.2) is 0 Å². The van der Waals surface area contributed by atoms with Crippen molar-refractivity contribution in [3.05, 3.63) is 0 Å². The van der Waals surface area contributed by atoms with Crippen LogP contribution in [0, 0.1) is 5.92 Å². The Morgan fingerprint density at radius 3 is 2.47 bits per heavy atom. The number of primary amides is 1. The zero-order valence-corrected chi connectivity index (χ0v) is 11.2. The predicted molar refractivity (Wildman–Crippen MR) is 72.2 cm³/mol. The van der Waals surface area contributed by atoms with E-state index in [1.807, 2.05) is 0 Å². The Balaban J connectivity index is 1.62. The van der Waals surface area contributed by atoms with Gasteiger partial charge in [0, 0.05) is 19.1 Å². The fraction of sp³-hybridized carbons (Fsp3) is 0.917. The minimum absolute atomic E-state index is 0.271.